The van der Waals surface area contributed by atoms with Gasteiger partial charge in [-0.05, 0) is 89.3 Å². The SMILES string of the molecule is COc1cccc(-c2ccc(C(=O)N3Cc4ccc(C(=O)NCc5ccncc5)n4Cc4ccccc43)cc2C)c1. The van der Waals surface area contributed by atoms with Crippen LogP contribution in [0.3, 0.4) is 0 Å². The zero-order chi connectivity index (χ0) is 28.3. The zero-order valence-corrected chi connectivity index (χ0v) is 23.0. The number of hydrogen-bond acceptors (Lipinski definition) is 4. The Balaban J connectivity index is 1.29. The highest BCUT2D eigenvalue weighted by Gasteiger charge is 2.27. The summed E-state index contributed by atoms with van der Waals surface area (Å²) in [6, 6.07) is 29.2. The molecule has 41 heavy (non-hydrogen) atoms. The Bertz CT molecular complexity index is 1740. The third kappa shape index (κ3) is 5.22. The van der Waals surface area contributed by atoms with E-state index in [0.717, 1.165) is 44.9 Å². The number of aryl methyl sites for hydroxylation is 1. The van der Waals surface area contributed by atoms with E-state index in [1.165, 1.54) is 0 Å². The number of carbonyl (C=O) groups is 2. The quantitative estimate of drug-likeness (QED) is 0.285. The maximum atomic E-state index is 14.0. The lowest BCUT2D eigenvalue weighted by atomic mass is 9.97. The minimum atomic E-state index is -0.158. The van der Waals surface area contributed by atoms with Crippen LogP contribution in [-0.4, -0.2) is 28.5 Å². The van der Waals surface area contributed by atoms with Gasteiger partial charge >= 0.3 is 0 Å². The summed E-state index contributed by atoms with van der Waals surface area (Å²) in [6.07, 6.45) is 3.42. The van der Waals surface area contributed by atoms with Gasteiger partial charge in [-0.25, -0.2) is 0 Å². The summed E-state index contributed by atoms with van der Waals surface area (Å²) in [4.78, 5) is 33.1. The largest absolute Gasteiger partial charge is 0.497 e. The number of fused-ring (bicyclic) bond motifs is 2. The Labute approximate surface area is 239 Å². The van der Waals surface area contributed by atoms with Gasteiger partial charge in [0, 0.05) is 35.9 Å². The van der Waals surface area contributed by atoms with Crippen LogP contribution in [0.1, 0.15) is 43.2 Å². The number of aromatic nitrogens is 2. The molecule has 7 heteroatoms. The average molecular weight is 543 g/mol. The van der Waals surface area contributed by atoms with Crippen LogP contribution in [0.15, 0.2) is 103 Å². The molecule has 0 aliphatic carbocycles. The highest BCUT2D eigenvalue weighted by Crippen LogP contribution is 2.32. The summed E-state index contributed by atoms with van der Waals surface area (Å²) in [5.41, 5.74) is 7.96. The predicted molar refractivity (Wildman–Crippen MR) is 159 cm³/mol. The number of nitrogens with zero attached hydrogens (tertiary/aromatic N) is 3. The Morgan fingerprint density at radius 3 is 2.54 bits per heavy atom. The van der Waals surface area contributed by atoms with Crippen molar-refractivity contribution >= 4 is 17.5 Å². The third-order valence-corrected chi connectivity index (χ3v) is 7.54. The number of nitrogens with one attached hydrogen (secondary N) is 1. The van der Waals surface area contributed by atoms with E-state index in [0.29, 0.717) is 30.9 Å². The fraction of sp³-hybridized carbons (Fsp3) is 0.147. The Kier molecular flexibility index (Phi) is 7.08. The van der Waals surface area contributed by atoms with E-state index in [2.05, 4.69) is 10.3 Å². The number of pyridine rings is 1. The molecule has 0 atom stereocenters. The molecule has 0 saturated heterocycles. The smallest absolute Gasteiger partial charge is 0.268 e. The summed E-state index contributed by atoms with van der Waals surface area (Å²) in [5, 5.41) is 3.01. The normalized spacial score (nSPS) is 12.2. The van der Waals surface area contributed by atoms with Crippen molar-refractivity contribution in [2.45, 2.75) is 26.6 Å². The average Bonchev–Trinajstić information content (AvgIpc) is 3.33. The van der Waals surface area contributed by atoms with Crippen LogP contribution in [0.25, 0.3) is 11.1 Å². The highest BCUT2D eigenvalue weighted by atomic mass is 16.5. The van der Waals surface area contributed by atoms with Crippen LogP contribution in [0.4, 0.5) is 5.69 Å². The van der Waals surface area contributed by atoms with E-state index in [4.69, 9.17) is 4.74 Å². The van der Waals surface area contributed by atoms with Crippen molar-refractivity contribution in [2.75, 3.05) is 12.0 Å². The van der Waals surface area contributed by atoms with Gasteiger partial charge in [0.15, 0.2) is 0 Å². The summed E-state index contributed by atoms with van der Waals surface area (Å²) >= 11 is 0. The molecule has 7 nitrogen and oxygen atoms in total. The lowest BCUT2D eigenvalue weighted by Gasteiger charge is -2.23. The van der Waals surface area contributed by atoms with Crippen molar-refractivity contribution in [3.63, 3.8) is 0 Å². The molecule has 0 unspecified atom stereocenters. The van der Waals surface area contributed by atoms with Crippen molar-refractivity contribution in [3.8, 4) is 16.9 Å². The number of benzene rings is 3. The molecular formula is C34H30N4O3. The molecule has 204 valence electrons. The lowest BCUT2D eigenvalue weighted by Crippen LogP contribution is -2.30. The van der Waals surface area contributed by atoms with Crippen LogP contribution in [0, 0.1) is 6.92 Å². The predicted octanol–water partition coefficient (Wildman–Crippen LogP) is 6.01. The van der Waals surface area contributed by atoms with Gasteiger partial charge in [0.25, 0.3) is 11.8 Å². The molecule has 1 N–H and O–H groups in total. The molecule has 0 spiro atoms. The van der Waals surface area contributed by atoms with Gasteiger partial charge < -0.3 is 19.5 Å². The molecule has 5 aromatic rings. The Morgan fingerprint density at radius 2 is 1.73 bits per heavy atom. The number of para-hydroxylation sites is 1. The van der Waals surface area contributed by atoms with Gasteiger partial charge in [-0.15, -0.1) is 0 Å². The van der Waals surface area contributed by atoms with Gasteiger partial charge in [0.05, 0.1) is 20.2 Å². The van der Waals surface area contributed by atoms with Crippen LogP contribution < -0.4 is 15.0 Å². The lowest BCUT2D eigenvalue weighted by molar-refractivity contribution is 0.0941. The number of methoxy groups -OCH3 is 1. The molecule has 6 rings (SSSR count). The fourth-order valence-corrected chi connectivity index (χ4v) is 5.38. The Hall–Kier alpha value is -5.17. The second-order valence-corrected chi connectivity index (χ2v) is 10.1. The van der Waals surface area contributed by atoms with Crippen molar-refractivity contribution in [1.29, 1.82) is 0 Å². The molecule has 1 aliphatic heterocycles. The topological polar surface area (TPSA) is 76.5 Å². The molecule has 2 aromatic heterocycles. The van der Waals surface area contributed by atoms with Gasteiger partial charge in [-0.3, -0.25) is 14.6 Å². The van der Waals surface area contributed by atoms with Crippen molar-refractivity contribution in [1.82, 2.24) is 14.9 Å². The standard InChI is InChI=1S/C34H30N4O3/c1-23-18-26(10-12-30(23)25-7-5-8-29(19-25)41-2)34(40)38-22-28-11-13-32(33(39)36-20-24-14-16-35-17-15-24)37(28)21-27-6-3-4-9-31(27)38/h3-19H,20-22H2,1-2H3,(H,36,39). The minimum Gasteiger partial charge on any atom is -0.497 e. The number of carbonyl (C=O) groups excluding carboxylic acids is 2. The van der Waals surface area contributed by atoms with Crippen molar-refractivity contribution < 1.29 is 14.3 Å². The van der Waals surface area contributed by atoms with Crippen molar-refractivity contribution in [3.05, 3.63) is 137 Å². The van der Waals surface area contributed by atoms with Crippen molar-refractivity contribution in [2.24, 2.45) is 0 Å². The van der Waals surface area contributed by atoms with Crippen LogP contribution in [0.2, 0.25) is 0 Å². The van der Waals surface area contributed by atoms with E-state index >= 15 is 0 Å². The highest BCUT2D eigenvalue weighted by molar-refractivity contribution is 6.07. The van der Waals surface area contributed by atoms with Crippen LogP contribution in [0.5, 0.6) is 5.75 Å². The van der Waals surface area contributed by atoms with E-state index in [-0.39, 0.29) is 11.8 Å². The summed E-state index contributed by atoms with van der Waals surface area (Å²) in [6.45, 7) is 3.27. The first-order chi connectivity index (χ1) is 20.0. The second-order valence-electron chi connectivity index (χ2n) is 10.1. The van der Waals surface area contributed by atoms with Gasteiger partial charge in [-0.2, -0.15) is 0 Å². The van der Waals surface area contributed by atoms with Gasteiger partial charge in [0.2, 0.25) is 0 Å². The van der Waals surface area contributed by atoms with Crippen LogP contribution >= 0.6 is 0 Å². The third-order valence-electron chi connectivity index (χ3n) is 7.54. The maximum absolute atomic E-state index is 14.0. The molecule has 0 saturated carbocycles. The molecule has 0 bridgehead atoms. The van der Waals surface area contributed by atoms with E-state index in [1.807, 2.05) is 107 Å². The molecule has 3 heterocycles. The number of rotatable bonds is 6. The first kappa shape index (κ1) is 26.1. The van der Waals surface area contributed by atoms with Crippen LogP contribution in [-0.2, 0) is 19.6 Å². The molecule has 2 amide bonds. The monoisotopic (exact) mass is 542 g/mol. The number of amides is 2. The maximum Gasteiger partial charge on any atom is 0.268 e. The molecular weight excluding hydrogens is 512 g/mol. The molecule has 3 aromatic carbocycles. The zero-order valence-electron chi connectivity index (χ0n) is 23.0. The molecule has 0 fully saturated rings. The number of anilines is 1. The van der Waals surface area contributed by atoms with Gasteiger partial charge in [0.1, 0.15) is 11.4 Å². The first-order valence-corrected chi connectivity index (χ1v) is 13.5. The first-order valence-electron chi connectivity index (χ1n) is 13.5. The summed E-state index contributed by atoms with van der Waals surface area (Å²) < 4.78 is 7.40. The van der Waals surface area contributed by atoms with E-state index < -0.39 is 0 Å². The van der Waals surface area contributed by atoms with Gasteiger partial charge in [-0.1, -0.05) is 36.4 Å². The minimum absolute atomic E-state index is 0.0870. The molecule has 0 radical (unpaired) electrons. The fourth-order valence-electron chi connectivity index (χ4n) is 5.38. The van der Waals surface area contributed by atoms with E-state index in [9.17, 15) is 9.59 Å². The number of hydrogen-bond donors (Lipinski definition) is 1. The summed E-state index contributed by atoms with van der Waals surface area (Å²) in [7, 11) is 1.65. The Morgan fingerprint density at radius 1 is 0.902 bits per heavy atom. The second kappa shape index (κ2) is 11.1. The summed E-state index contributed by atoms with van der Waals surface area (Å²) in [5.74, 6) is 0.543. The van der Waals surface area contributed by atoms with E-state index in [1.54, 1.807) is 19.5 Å². The number of ether oxygens (including phenoxy) is 1. The molecule has 1 aliphatic rings.